The van der Waals surface area contributed by atoms with Gasteiger partial charge in [0.2, 0.25) is 0 Å². The zero-order valence-electron chi connectivity index (χ0n) is 18.2. The summed E-state index contributed by atoms with van der Waals surface area (Å²) >= 11 is 0. The van der Waals surface area contributed by atoms with Crippen LogP contribution in [0.15, 0.2) is 47.3 Å². The Labute approximate surface area is 188 Å². The predicted molar refractivity (Wildman–Crippen MR) is 120 cm³/mol. The molecule has 1 aliphatic rings. The minimum absolute atomic E-state index is 0.0572. The average Bonchev–Trinajstić information content (AvgIpc) is 3.22. The Balaban J connectivity index is 1.60. The number of H-pyrrole nitrogens is 1. The van der Waals surface area contributed by atoms with E-state index in [2.05, 4.69) is 20.2 Å². The number of aromatic amines is 1. The Morgan fingerprint density at radius 1 is 1.03 bits per heavy atom. The second-order valence-electron chi connectivity index (χ2n) is 7.90. The highest BCUT2D eigenvalue weighted by molar-refractivity contribution is 5.90. The monoisotopic (exact) mass is 452 g/mol. The molecule has 0 radical (unpaired) electrons. The van der Waals surface area contributed by atoms with Gasteiger partial charge in [-0.05, 0) is 36.8 Å². The second kappa shape index (κ2) is 8.38. The van der Waals surface area contributed by atoms with E-state index < -0.39 is 17.2 Å². The standard InChI is InChI=1S/C23H22F2N6O2/c1-14-4-3-5-18(25)23(14)31-20(32)13-19-22(28-31)21(27-26-19)16-12-15(6-7-17(16)24)29-8-10-30(33-2)11-9-29/h3-7,12-13,26H,8-11H2,1-2H3. The number of nitrogens with zero attached hydrogens (tertiary/aromatic N) is 5. The van der Waals surface area contributed by atoms with Crippen LogP contribution in [-0.2, 0) is 4.84 Å². The fraction of sp³-hybridized carbons (Fsp3) is 0.261. The second-order valence-corrected chi connectivity index (χ2v) is 7.90. The summed E-state index contributed by atoms with van der Waals surface area (Å²) in [5.74, 6) is -1.04. The van der Waals surface area contributed by atoms with Crippen LogP contribution in [0.4, 0.5) is 14.5 Å². The zero-order chi connectivity index (χ0) is 23.1. The molecule has 8 nitrogen and oxygen atoms in total. The number of halogens is 2. The maximum absolute atomic E-state index is 14.9. The fourth-order valence-electron chi connectivity index (χ4n) is 4.15. The molecule has 3 heterocycles. The number of piperazine rings is 1. The van der Waals surface area contributed by atoms with E-state index in [1.165, 1.54) is 18.2 Å². The highest BCUT2D eigenvalue weighted by atomic mass is 19.1. The van der Waals surface area contributed by atoms with Gasteiger partial charge in [0.25, 0.3) is 5.56 Å². The summed E-state index contributed by atoms with van der Waals surface area (Å²) in [5, 5.41) is 13.2. The molecule has 1 saturated heterocycles. The molecule has 10 heteroatoms. The number of rotatable bonds is 4. The van der Waals surface area contributed by atoms with Crippen molar-refractivity contribution < 1.29 is 13.6 Å². The summed E-state index contributed by atoms with van der Waals surface area (Å²) in [6, 6.07) is 10.7. The van der Waals surface area contributed by atoms with Gasteiger partial charge in [0, 0.05) is 43.5 Å². The smallest absolute Gasteiger partial charge is 0.273 e. The Kier molecular flexibility index (Phi) is 5.39. The van der Waals surface area contributed by atoms with Crippen LogP contribution in [0, 0.1) is 18.6 Å². The molecular formula is C23H22F2N6O2. The minimum Gasteiger partial charge on any atom is -0.369 e. The van der Waals surface area contributed by atoms with Gasteiger partial charge in [0.15, 0.2) is 0 Å². The summed E-state index contributed by atoms with van der Waals surface area (Å²) in [6.45, 7) is 4.60. The van der Waals surface area contributed by atoms with E-state index in [4.69, 9.17) is 4.84 Å². The summed E-state index contributed by atoms with van der Waals surface area (Å²) in [6.07, 6.45) is 0. The summed E-state index contributed by atoms with van der Waals surface area (Å²) in [4.78, 5) is 20.1. The molecular weight excluding hydrogens is 430 g/mol. The van der Waals surface area contributed by atoms with Crippen LogP contribution in [0.5, 0.6) is 0 Å². The zero-order valence-corrected chi connectivity index (χ0v) is 18.2. The van der Waals surface area contributed by atoms with Gasteiger partial charge in [-0.25, -0.2) is 8.78 Å². The van der Waals surface area contributed by atoms with E-state index in [0.717, 1.165) is 36.5 Å². The van der Waals surface area contributed by atoms with Crippen molar-refractivity contribution in [2.24, 2.45) is 0 Å². The van der Waals surface area contributed by atoms with Gasteiger partial charge in [0.1, 0.15) is 28.5 Å². The minimum atomic E-state index is -0.572. The van der Waals surface area contributed by atoms with E-state index in [-0.39, 0.29) is 22.5 Å². The molecule has 170 valence electrons. The van der Waals surface area contributed by atoms with Gasteiger partial charge in [-0.2, -0.15) is 19.9 Å². The number of hydrogen-bond acceptors (Lipinski definition) is 6. The van der Waals surface area contributed by atoms with Gasteiger partial charge < -0.3 is 9.74 Å². The topological polar surface area (TPSA) is 79.3 Å². The lowest BCUT2D eigenvalue weighted by Crippen LogP contribution is -2.45. The number of para-hydroxylation sites is 1. The number of aryl methyl sites for hydroxylation is 1. The first-order chi connectivity index (χ1) is 16.0. The van der Waals surface area contributed by atoms with Crippen molar-refractivity contribution in [1.82, 2.24) is 25.0 Å². The third-order valence-corrected chi connectivity index (χ3v) is 5.91. The number of nitrogens with one attached hydrogen (secondary N) is 1. The third kappa shape index (κ3) is 3.77. The molecule has 2 aromatic heterocycles. The molecule has 33 heavy (non-hydrogen) atoms. The molecule has 1 fully saturated rings. The van der Waals surface area contributed by atoms with E-state index in [1.54, 1.807) is 38.3 Å². The molecule has 5 rings (SSSR count). The van der Waals surface area contributed by atoms with Crippen molar-refractivity contribution in [1.29, 1.82) is 0 Å². The van der Waals surface area contributed by atoms with Crippen molar-refractivity contribution in [3.8, 4) is 16.9 Å². The molecule has 0 saturated carbocycles. The molecule has 0 atom stereocenters. The van der Waals surface area contributed by atoms with Crippen molar-refractivity contribution in [3.63, 3.8) is 0 Å². The molecule has 0 unspecified atom stereocenters. The van der Waals surface area contributed by atoms with E-state index in [1.807, 2.05) is 5.06 Å². The van der Waals surface area contributed by atoms with Gasteiger partial charge >= 0.3 is 0 Å². The van der Waals surface area contributed by atoms with Crippen LogP contribution in [-0.4, -0.2) is 58.3 Å². The normalized spacial score (nSPS) is 14.8. The number of aromatic nitrogens is 4. The number of anilines is 1. The van der Waals surface area contributed by atoms with Crippen molar-refractivity contribution >= 4 is 16.7 Å². The van der Waals surface area contributed by atoms with Gasteiger partial charge in [-0.1, -0.05) is 12.1 Å². The highest BCUT2D eigenvalue weighted by Gasteiger charge is 2.21. The molecule has 0 bridgehead atoms. The number of benzene rings is 2. The summed E-state index contributed by atoms with van der Waals surface area (Å²) in [7, 11) is 1.64. The van der Waals surface area contributed by atoms with E-state index >= 15 is 0 Å². The average molecular weight is 452 g/mol. The van der Waals surface area contributed by atoms with Crippen molar-refractivity contribution in [2.75, 3.05) is 38.2 Å². The largest absolute Gasteiger partial charge is 0.369 e. The maximum atomic E-state index is 14.9. The molecule has 0 amide bonds. The number of hydrogen-bond donors (Lipinski definition) is 1. The predicted octanol–water partition coefficient (Wildman–Crippen LogP) is 3.05. The lowest BCUT2D eigenvalue weighted by molar-refractivity contribution is -0.133. The van der Waals surface area contributed by atoms with E-state index in [9.17, 15) is 13.6 Å². The Bertz CT molecular complexity index is 1370. The summed E-state index contributed by atoms with van der Waals surface area (Å²) < 4.78 is 30.5. The Morgan fingerprint density at radius 2 is 1.82 bits per heavy atom. The number of hydroxylamine groups is 2. The molecule has 0 spiro atoms. The lowest BCUT2D eigenvalue weighted by Gasteiger charge is -2.34. The van der Waals surface area contributed by atoms with Crippen LogP contribution >= 0.6 is 0 Å². The molecule has 4 aromatic rings. The fourth-order valence-corrected chi connectivity index (χ4v) is 4.15. The molecule has 0 aliphatic carbocycles. The van der Waals surface area contributed by atoms with Crippen LogP contribution in [0.2, 0.25) is 0 Å². The van der Waals surface area contributed by atoms with Crippen molar-refractivity contribution in [2.45, 2.75) is 6.92 Å². The Hall–Kier alpha value is -3.63. The highest BCUT2D eigenvalue weighted by Crippen LogP contribution is 2.31. The molecule has 2 aromatic carbocycles. The first kappa shape index (κ1) is 21.2. The Morgan fingerprint density at radius 3 is 2.55 bits per heavy atom. The van der Waals surface area contributed by atoms with Gasteiger partial charge in [-0.15, -0.1) is 0 Å². The molecule has 1 N–H and O–H groups in total. The first-order valence-electron chi connectivity index (χ1n) is 10.5. The molecule has 1 aliphatic heterocycles. The summed E-state index contributed by atoms with van der Waals surface area (Å²) in [5.41, 5.74) is 2.06. The van der Waals surface area contributed by atoms with Crippen molar-refractivity contribution in [3.05, 3.63) is 70.0 Å². The van der Waals surface area contributed by atoms with Crippen LogP contribution in [0.1, 0.15) is 5.56 Å². The van der Waals surface area contributed by atoms with E-state index in [0.29, 0.717) is 11.1 Å². The number of fused-ring (bicyclic) bond motifs is 1. The quantitative estimate of drug-likeness (QED) is 0.513. The lowest BCUT2D eigenvalue weighted by atomic mass is 10.1. The maximum Gasteiger partial charge on any atom is 0.273 e. The first-order valence-corrected chi connectivity index (χ1v) is 10.5. The van der Waals surface area contributed by atoms with Crippen LogP contribution in [0.25, 0.3) is 28.0 Å². The van der Waals surface area contributed by atoms with Gasteiger partial charge in [-0.3, -0.25) is 9.89 Å². The van der Waals surface area contributed by atoms with Gasteiger partial charge in [0.05, 0.1) is 12.6 Å². The van der Waals surface area contributed by atoms with Crippen LogP contribution < -0.4 is 10.5 Å². The SMILES string of the molecule is CON1CCN(c2ccc(F)c(-c3n[nH]c4cc(=O)n(-c5c(C)cccc5F)nc34)c2)CC1. The third-order valence-electron chi connectivity index (χ3n) is 5.91. The van der Waals surface area contributed by atoms with Crippen LogP contribution in [0.3, 0.4) is 0 Å².